The first-order valence-electron chi connectivity index (χ1n) is 9.75. The van der Waals surface area contributed by atoms with E-state index in [2.05, 4.69) is 4.98 Å². The molecule has 3 aromatic rings. The summed E-state index contributed by atoms with van der Waals surface area (Å²) in [5.74, 6) is -1.84. The number of alkyl halides is 3. The van der Waals surface area contributed by atoms with Crippen LogP contribution in [-0.4, -0.2) is 32.4 Å². The minimum Gasteiger partial charge on any atom is -0.465 e. The van der Waals surface area contributed by atoms with Crippen LogP contribution in [0.4, 0.5) is 17.6 Å². The molecule has 0 amide bonds. The Labute approximate surface area is 204 Å². The van der Waals surface area contributed by atoms with Crippen LogP contribution in [0.3, 0.4) is 0 Å². The molecule has 0 atom stereocenters. The fourth-order valence-electron chi connectivity index (χ4n) is 2.90. The van der Waals surface area contributed by atoms with E-state index in [0.717, 1.165) is 30.9 Å². The molecule has 2 aromatic heterocycles. The summed E-state index contributed by atoms with van der Waals surface area (Å²) < 4.78 is 65.0. The van der Waals surface area contributed by atoms with Gasteiger partial charge in [0.2, 0.25) is 0 Å². The quantitative estimate of drug-likeness (QED) is 0.255. The third-order valence-electron chi connectivity index (χ3n) is 4.44. The number of carbonyl (C=O) groups excluding carboxylic acids is 1. The number of hydrogen-bond donors (Lipinski definition) is 0. The lowest BCUT2D eigenvalue weighted by Gasteiger charge is -2.16. The molecule has 14 heteroatoms. The molecule has 3 rings (SSSR count). The van der Waals surface area contributed by atoms with Gasteiger partial charge in [-0.3, -0.25) is 14.2 Å². The fraction of sp³-hybridized carbons (Fsp3) is 0.238. The molecule has 0 aliphatic heterocycles. The molecule has 0 spiro atoms. The predicted molar refractivity (Wildman–Crippen MR) is 119 cm³/mol. The van der Waals surface area contributed by atoms with Crippen molar-refractivity contribution in [2.45, 2.75) is 18.1 Å². The number of benzene rings is 1. The van der Waals surface area contributed by atoms with Crippen molar-refractivity contribution in [3.63, 3.8) is 0 Å². The Morgan fingerprint density at radius 1 is 1.20 bits per heavy atom. The van der Waals surface area contributed by atoms with Crippen LogP contribution in [0, 0.1) is 5.82 Å². The molecule has 35 heavy (non-hydrogen) atoms. The number of nitrogens with zero attached hydrogens (tertiary/aromatic N) is 3. The lowest BCUT2D eigenvalue weighted by Crippen LogP contribution is -2.41. The number of hydrogen-bond acceptors (Lipinski definition) is 7. The van der Waals surface area contributed by atoms with Gasteiger partial charge in [-0.1, -0.05) is 23.4 Å². The van der Waals surface area contributed by atoms with Crippen LogP contribution in [0.1, 0.15) is 12.6 Å². The van der Waals surface area contributed by atoms with E-state index >= 15 is 0 Å². The smallest absolute Gasteiger partial charge is 0.431 e. The van der Waals surface area contributed by atoms with Gasteiger partial charge >= 0.3 is 17.8 Å². The number of rotatable bonds is 7. The molecular weight excluding hydrogens is 518 g/mol. The molecule has 0 saturated carbocycles. The van der Waals surface area contributed by atoms with E-state index < -0.39 is 40.6 Å². The normalized spacial score (nSPS) is 11.4. The van der Waals surface area contributed by atoms with E-state index in [4.69, 9.17) is 21.1 Å². The zero-order chi connectivity index (χ0) is 25.9. The van der Waals surface area contributed by atoms with Gasteiger partial charge in [-0.25, -0.2) is 18.7 Å². The van der Waals surface area contributed by atoms with Gasteiger partial charge in [0.05, 0.1) is 23.1 Å². The highest BCUT2D eigenvalue weighted by molar-refractivity contribution is 8.00. The summed E-state index contributed by atoms with van der Waals surface area (Å²) in [5.41, 5.74) is -5.00. The molecule has 0 aliphatic rings. The zero-order valence-electron chi connectivity index (χ0n) is 18.1. The lowest BCUT2D eigenvalue weighted by atomic mass is 10.2. The van der Waals surface area contributed by atoms with E-state index in [9.17, 15) is 31.9 Å². The number of aromatic nitrogens is 3. The first-order valence-corrected chi connectivity index (χ1v) is 11.1. The van der Waals surface area contributed by atoms with Crippen LogP contribution in [0.2, 0.25) is 5.02 Å². The van der Waals surface area contributed by atoms with Crippen LogP contribution in [-0.2, 0) is 22.8 Å². The minimum absolute atomic E-state index is 0.0827. The largest absolute Gasteiger partial charge is 0.465 e. The van der Waals surface area contributed by atoms with Crippen LogP contribution in [0.15, 0.2) is 51.1 Å². The van der Waals surface area contributed by atoms with Crippen molar-refractivity contribution >= 4 is 29.3 Å². The summed E-state index contributed by atoms with van der Waals surface area (Å²) in [6.45, 7) is 1.85. The molecule has 8 nitrogen and oxygen atoms in total. The van der Waals surface area contributed by atoms with E-state index in [-0.39, 0.29) is 49.1 Å². The average Bonchev–Trinajstić information content (AvgIpc) is 2.78. The average molecular weight is 534 g/mol. The number of carbonyl (C=O) groups is 1. The Morgan fingerprint density at radius 3 is 2.57 bits per heavy atom. The summed E-state index contributed by atoms with van der Waals surface area (Å²) in [6, 6.07) is 4.82. The maximum Gasteiger partial charge on any atom is 0.431 e. The number of esters is 1. The number of halogens is 5. The lowest BCUT2D eigenvalue weighted by molar-refractivity contribution is -0.144. The van der Waals surface area contributed by atoms with E-state index in [1.54, 1.807) is 6.92 Å². The van der Waals surface area contributed by atoms with Crippen molar-refractivity contribution in [1.29, 1.82) is 0 Å². The summed E-state index contributed by atoms with van der Waals surface area (Å²) in [4.78, 5) is 40.7. The maximum atomic E-state index is 14.7. The first-order chi connectivity index (χ1) is 16.4. The summed E-state index contributed by atoms with van der Waals surface area (Å²) in [6.07, 6.45) is -3.54. The summed E-state index contributed by atoms with van der Waals surface area (Å²) in [7, 11) is 0.801. The Balaban J connectivity index is 2.05. The van der Waals surface area contributed by atoms with Crippen LogP contribution in [0.5, 0.6) is 11.5 Å². The Hall–Kier alpha value is -3.32. The molecular formula is C21H16ClF4N3O5S. The molecule has 186 valence electrons. The molecule has 0 unspecified atom stereocenters. The van der Waals surface area contributed by atoms with Gasteiger partial charge in [-0.2, -0.15) is 13.2 Å². The van der Waals surface area contributed by atoms with Gasteiger partial charge < -0.3 is 9.47 Å². The molecule has 0 fully saturated rings. The summed E-state index contributed by atoms with van der Waals surface area (Å²) in [5, 5.41) is -0.00154. The zero-order valence-corrected chi connectivity index (χ0v) is 19.6. The highest BCUT2D eigenvalue weighted by Crippen LogP contribution is 2.36. The van der Waals surface area contributed by atoms with Crippen molar-refractivity contribution in [3.05, 3.63) is 73.9 Å². The standard InChI is InChI=1S/C21H16ClF4N3O5S/c1-3-33-18(31)10-35-19-14(5-4-6-27-19)34-15-8-13(12(23)7-11(15)22)29-17(30)9-16(21(24,25)26)28(2)20(29)32/h4-9H,3,10H2,1-2H3. The van der Waals surface area contributed by atoms with Crippen LogP contribution >= 0.6 is 23.4 Å². The number of pyridine rings is 1. The minimum atomic E-state index is -4.98. The second kappa shape index (κ2) is 10.5. The second-order valence-corrected chi connectivity index (χ2v) is 8.15. The molecule has 0 N–H and O–H groups in total. The maximum absolute atomic E-state index is 14.7. The van der Waals surface area contributed by atoms with E-state index in [1.807, 2.05) is 0 Å². The van der Waals surface area contributed by atoms with Crippen molar-refractivity contribution in [1.82, 2.24) is 14.1 Å². The molecule has 0 aliphatic carbocycles. The fourth-order valence-corrected chi connectivity index (χ4v) is 3.81. The summed E-state index contributed by atoms with van der Waals surface area (Å²) >= 11 is 7.06. The SMILES string of the molecule is CCOC(=O)CSc1ncccc1Oc1cc(-n2c(=O)cc(C(F)(F)F)n(C)c2=O)c(F)cc1Cl. The third-order valence-corrected chi connectivity index (χ3v) is 5.70. The van der Waals surface area contributed by atoms with Gasteiger partial charge in [0.15, 0.2) is 5.75 Å². The van der Waals surface area contributed by atoms with Crippen molar-refractivity contribution in [2.75, 3.05) is 12.4 Å². The molecule has 0 radical (unpaired) electrons. The van der Waals surface area contributed by atoms with E-state index in [1.165, 1.54) is 18.3 Å². The molecule has 0 bridgehead atoms. The van der Waals surface area contributed by atoms with Crippen molar-refractivity contribution in [2.24, 2.45) is 7.05 Å². The van der Waals surface area contributed by atoms with Gasteiger partial charge in [-0.15, -0.1) is 0 Å². The Kier molecular flexibility index (Phi) is 7.90. The van der Waals surface area contributed by atoms with Crippen LogP contribution < -0.4 is 16.0 Å². The van der Waals surface area contributed by atoms with Crippen LogP contribution in [0.25, 0.3) is 5.69 Å². The number of thioether (sulfide) groups is 1. The predicted octanol–water partition coefficient (Wildman–Crippen LogP) is 4.19. The molecule has 2 heterocycles. The second-order valence-electron chi connectivity index (χ2n) is 6.78. The Bertz CT molecular complexity index is 1390. The number of ether oxygens (including phenoxy) is 2. The Morgan fingerprint density at radius 2 is 1.91 bits per heavy atom. The van der Waals surface area contributed by atoms with Gasteiger partial charge in [0, 0.05) is 25.4 Å². The van der Waals surface area contributed by atoms with Crippen molar-refractivity contribution < 1.29 is 31.8 Å². The third kappa shape index (κ3) is 5.85. The highest BCUT2D eigenvalue weighted by Gasteiger charge is 2.35. The van der Waals surface area contributed by atoms with E-state index in [0.29, 0.717) is 0 Å². The monoisotopic (exact) mass is 533 g/mol. The molecule has 1 aromatic carbocycles. The van der Waals surface area contributed by atoms with Gasteiger partial charge in [0.25, 0.3) is 5.56 Å². The van der Waals surface area contributed by atoms with Gasteiger partial charge in [0.1, 0.15) is 22.3 Å². The molecule has 0 saturated heterocycles. The highest BCUT2D eigenvalue weighted by atomic mass is 35.5. The van der Waals surface area contributed by atoms with Crippen molar-refractivity contribution in [3.8, 4) is 17.2 Å². The first kappa shape index (κ1) is 26.3. The topological polar surface area (TPSA) is 92.4 Å². The van der Waals surface area contributed by atoms with Gasteiger partial charge in [-0.05, 0) is 25.1 Å².